The second-order valence-corrected chi connectivity index (χ2v) is 5.69. The maximum Gasteiger partial charge on any atom is 0.407 e. The van der Waals surface area contributed by atoms with Crippen LogP contribution in [-0.2, 0) is 9.53 Å². The summed E-state index contributed by atoms with van der Waals surface area (Å²) in [5.74, 6) is -0.402. The summed E-state index contributed by atoms with van der Waals surface area (Å²) in [5.41, 5.74) is -0.588. The Labute approximate surface area is 106 Å². The summed E-state index contributed by atoms with van der Waals surface area (Å²) in [6, 6.07) is -0.442. The van der Waals surface area contributed by atoms with E-state index in [2.05, 4.69) is 5.32 Å². The van der Waals surface area contributed by atoms with Crippen LogP contribution in [0.3, 0.4) is 0 Å². The Hall–Kier alpha value is -0.910. The van der Waals surface area contributed by atoms with Crippen LogP contribution in [0.4, 0.5) is 4.79 Å². The quantitative estimate of drug-likeness (QED) is 0.765. The SMILES string of the molecule is CSCC[C@H](CC(=O)[O-])NC(=O)OC(C)(C)C. The molecule has 0 saturated carbocycles. The fourth-order valence-electron chi connectivity index (χ4n) is 1.16. The molecule has 0 fully saturated rings. The number of amides is 1. The summed E-state index contributed by atoms with van der Waals surface area (Å²) in [6.07, 6.45) is 1.71. The van der Waals surface area contributed by atoms with Gasteiger partial charge in [-0.1, -0.05) is 0 Å². The second kappa shape index (κ2) is 7.42. The fraction of sp³-hybridized carbons (Fsp3) is 0.818. The summed E-state index contributed by atoms with van der Waals surface area (Å²) in [5, 5.41) is 13.1. The van der Waals surface area contributed by atoms with Crippen molar-refractivity contribution >= 4 is 23.8 Å². The highest BCUT2D eigenvalue weighted by Crippen LogP contribution is 2.09. The van der Waals surface area contributed by atoms with Gasteiger partial charge in [0.25, 0.3) is 0 Å². The van der Waals surface area contributed by atoms with E-state index in [1.54, 1.807) is 32.5 Å². The molecule has 1 N–H and O–H groups in total. The molecule has 0 rings (SSSR count). The molecule has 0 aromatic carbocycles. The third kappa shape index (κ3) is 9.99. The van der Waals surface area contributed by atoms with E-state index in [1.165, 1.54) is 0 Å². The molecule has 0 bridgehead atoms. The Bertz CT molecular complexity index is 263. The first kappa shape index (κ1) is 16.1. The number of alkyl carbamates (subject to hydrolysis) is 1. The minimum atomic E-state index is -1.17. The number of nitrogens with one attached hydrogen (secondary N) is 1. The number of carboxylic acids is 1. The topological polar surface area (TPSA) is 78.5 Å². The number of carboxylic acid groups (broad SMARTS) is 1. The zero-order chi connectivity index (χ0) is 13.5. The lowest BCUT2D eigenvalue weighted by molar-refractivity contribution is -0.306. The predicted octanol–water partition coefficient (Wildman–Crippen LogP) is 0.773. The van der Waals surface area contributed by atoms with Crippen molar-refractivity contribution in [1.29, 1.82) is 0 Å². The third-order valence-electron chi connectivity index (χ3n) is 1.80. The van der Waals surface area contributed by atoms with Gasteiger partial charge in [0.15, 0.2) is 0 Å². The minimum Gasteiger partial charge on any atom is -0.550 e. The van der Waals surface area contributed by atoms with Crippen molar-refractivity contribution in [3.05, 3.63) is 0 Å². The van der Waals surface area contributed by atoms with Crippen molar-refractivity contribution in [3.63, 3.8) is 0 Å². The molecule has 0 unspecified atom stereocenters. The van der Waals surface area contributed by atoms with Gasteiger partial charge in [-0.15, -0.1) is 0 Å². The van der Waals surface area contributed by atoms with Crippen LogP contribution in [-0.4, -0.2) is 35.7 Å². The number of rotatable bonds is 6. The molecule has 1 amide bonds. The van der Waals surface area contributed by atoms with Gasteiger partial charge in [-0.25, -0.2) is 4.79 Å². The van der Waals surface area contributed by atoms with Gasteiger partial charge < -0.3 is 20.0 Å². The molecule has 100 valence electrons. The Balaban J connectivity index is 4.21. The average molecular weight is 262 g/mol. The number of carbonyl (C=O) groups excluding carboxylic acids is 2. The summed E-state index contributed by atoms with van der Waals surface area (Å²) < 4.78 is 5.06. The first-order chi connectivity index (χ1) is 7.74. The number of carbonyl (C=O) groups is 2. The van der Waals surface area contributed by atoms with Gasteiger partial charge in [-0.05, 0) is 39.2 Å². The Kier molecular flexibility index (Phi) is 7.03. The van der Waals surface area contributed by atoms with Crippen molar-refractivity contribution in [2.24, 2.45) is 0 Å². The molecule has 0 aliphatic carbocycles. The lowest BCUT2D eigenvalue weighted by atomic mass is 10.1. The molecule has 0 aromatic rings. The van der Waals surface area contributed by atoms with Crippen LogP contribution in [0.5, 0.6) is 0 Å². The summed E-state index contributed by atoms with van der Waals surface area (Å²) in [4.78, 5) is 22.0. The molecule has 6 heteroatoms. The zero-order valence-electron chi connectivity index (χ0n) is 10.7. The van der Waals surface area contributed by atoms with Gasteiger partial charge in [0.05, 0.1) is 0 Å². The van der Waals surface area contributed by atoms with Gasteiger partial charge in [0.2, 0.25) is 0 Å². The molecule has 0 aliphatic heterocycles. The van der Waals surface area contributed by atoms with Gasteiger partial charge in [0, 0.05) is 18.4 Å². The first-order valence-corrected chi connectivity index (χ1v) is 6.82. The molecule has 0 heterocycles. The molecular weight excluding hydrogens is 242 g/mol. The van der Waals surface area contributed by atoms with Crippen molar-refractivity contribution < 1.29 is 19.4 Å². The molecule has 0 spiro atoms. The number of hydrogen-bond acceptors (Lipinski definition) is 5. The summed E-state index contributed by atoms with van der Waals surface area (Å²) in [7, 11) is 0. The Morgan fingerprint density at radius 2 is 2.00 bits per heavy atom. The van der Waals surface area contributed by atoms with Crippen LogP contribution in [0.25, 0.3) is 0 Å². The van der Waals surface area contributed by atoms with Crippen LogP contribution in [0.15, 0.2) is 0 Å². The van der Waals surface area contributed by atoms with Gasteiger partial charge in [0.1, 0.15) is 5.60 Å². The van der Waals surface area contributed by atoms with E-state index in [1.807, 2.05) is 6.26 Å². The van der Waals surface area contributed by atoms with E-state index in [-0.39, 0.29) is 6.42 Å². The maximum atomic E-state index is 11.5. The highest BCUT2D eigenvalue weighted by Gasteiger charge is 2.19. The van der Waals surface area contributed by atoms with Crippen LogP contribution >= 0.6 is 11.8 Å². The first-order valence-electron chi connectivity index (χ1n) is 5.43. The Morgan fingerprint density at radius 1 is 1.41 bits per heavy atom. The molecule has 5 nitrogen and oxygen atoms in total. The Morgan fingerprint density at radius 3 is 2.41 bits per heavy atom. The van der Waals surface area contributed by atoms with E-state index < -0.39 is 23.7 Å². The average Bonchev–Trinajstić information content (AvgIpc) is 2.09. The van der Waals surface area contributed by atoms with E-state index in [0.717, 1.165) is 5.75 Å². The maximum absolute atomic E-state index is 11.5. The summed E-state index contributed by atoms with van der Waals surface area (Å²) in [6.45, 7) is 5.26. The third-order valence-corrected chi connectivity index (χ3v) is 2.45. The minimum absolute atomic E-state index is 0.195. The molecule has 0 saturated heterocycles. The largest absolute Gasteiger partial charge is 0.550 e. The molecule has 17 heavy (non-hydrogen) atoms. The predicted molar refractivity (Wildman–Crippen MR) is 65.8 cm³/mol. The fourth-order valence-corrected chi connectivity index (χ4v) is 1.68. The number of hydrogen-bond donors (Lipinski definition) is 1. The molecule has 0 radical (unpaired) electrons. The highest BCUT2D eigenvalue weighted by molar-refractivity contribution is 7.98. The lowest BCUT2D eigenvalue weighted by Gasteiger charge is -2.23. The van der Waals surface area contributed by atoms with Crippen molar-refractivity contribution in [1.82, 2.24) is 5.32 Å². The standard InChI is InChI=1S/C11H21NO4S/c1-11(2,3)16-10(15)12-8(5-6-17-4)7-9(13)14/h8H,5-7H2,1-4H3,(H,12,15)(H,13,14)/p-1/t8-/m1/s1. The normalized spacial score (nSPS) is 12.9. The number of aliphatic carboxylic acids is 1. The molecule has 1 atom stereocenters. The molecular formula is C11H20NO4S-. The van der Waals surface area contributed by atoms with Crippen molar-refractivity contribution in [2.75, 3.05) is 12.0 Å². The van der Waals surface area contributed by atoms with Crippen LogP contribution < -0.4 is 10.4 Å². The summed E-state index contributed by atoms with van der Waals surface area (Å²) >= 11 is 1.59. The van der Waals surface area contributed by atoms with Crippen LogP contribution in [0.1, 0.15) is 33.6 Å². The second-order valence-electron chi connectivity index (χ2n) is 4.70. The molecule has 0 aliphatic rings. The van der Waals surface area contributed by atoms with E-state index >= 15 is 0 Å². The van der Waals surface area contributed by atoms with Crippen LogP contribution in [0.2, 0.25) is 0 Å². The van der Waals surface area contributed by atoms with E-state index in [4.69, 9.17) is 4.74 Å². The van der Waals surface area contributed by atoms with Gasteiger partial charge in [-0.3, -0.25) is 0 Å². The highest BCUT2D eigenvalue weighted by atomic mass is 32.2. The van der Waals surface area contributed by atoms with Crippen molar-refractivity contribution in [3.8, 4) is 0 Å². The van der Waals surface area contributed by atoms with Gasteiger partial charge in [-0.2, -0.15) is 11.8 Å². The number of thioether (sulfide) groups is 1. The lowest BCUT2D eigenvalue weighted by Crippen LogP contribution is -2.42. The molecule has 0 aromatic heterocycles. The smallest absolute Gasteiger partial charge is 0.407 e. The van der Waals surface area contributed by atoms with E-state index in [0.29, 0.717) is 6.42 Å². The van der Waals surface area contributed by atoms with E-state index in [9.17, 15) is 14.7 Å². The van der Waals surface area contributed by atoms with Crippen molar-refractivity contribution in [2.45, 2.75) is 45.3 Å². The van der Waals surface area contributed by atoms with Gasteiger partial charge >= 0.3 is 6.09 Å². The zero-order valence-corrected chi connectivity index (χ0v) is 11.6. The van der Waals surface area contributed by atoms with Crippen LogP contribution in [0, 0.1) is 0 Å². The monoisotopic (exact) mass is 262 g/mol. The number of ether oxygens (including phenoxy) is 1.